The van der Waals surface area contributed by atoms with Crippen LogP contribution in [0.25, 0.3) is 0 Å². The summed E-state index contributed by atoms with van der Waals surface area (Å²) >= 11 is 1.74. The topological polar surface area (TPSA) is 18.5 Å². The van der Waals surface area contributed by atoms with Crippen molar-refractivity contribution in [3.8, 4) is 0 Å². The molecule has 0 aromatic carbocycles. The zero-order chi connectivity index (χ0) is 7.40. The Morgan fingerprint density at radius 2 is 2.10 bits per heavy atom. The van der Waals surface area contributed by atoms with Gasteiger partial charge in [0, 0.05) is 0 Å². The molecule has 0 amide bonds. The molecule has 1 fully saturated rings. The SMILES string of the molecule is [Hg][CH2]C1COCC([CH2][Hg+])O1. The van der Waals surface area contributed by atoms with E-state index in [1.54, 1.807) is 0 Å². The van der Waals surface area contributed by atoms with Gasteiger partial charge in [-0.05, 0) is 0 Å². The summed E-state index contributed by atoms with van der Waals surface area (Å²) in [6.45, 7) is 1.71. The zero-order valence-electron chi connectivity index (χ0n) is 6.21. The molecule has 1 rings (SSSR count). The van der Waals surface area contributed by atoms with E-state index in [9.17, 15) is 0 Å². The second-order valence-corrected chi connectivity index (χ2v) is 6.98. The molecule has 10 heavy (non-hydrogen) atoms. The summed E-state index contributed by atoms with van der Waals surface area (Å²) in [6, 6.07) is 0. The third-order valence-corrected chi connectivity index (χ3v) is 6.64. The molecular formula is C6H10Hg2O2+. The van der Waals surface area contributed by atoms with Crippen molar-refractivity contribution in [1.29, 1.82) is 0 Å². The monoisotopic (exact) mass is 518 g/mol. The van der Waals surface area contributed by atoms with Gasteiger partial charge in [0.1, 0.15) is 0 Å². The minimum absolute atomic E-state index is 0.464. The number of hydrogen-bond acceptors (Lipinski definition) is 2. The summed E-state index contributed by atoms with van der Waals surface area (Å²) < 4.78 is 13.7. The Balaban J connectivity index is 2.25. The van der Waals surface area contributed by atoms with Gasteiger partial charge in [-0.3, -0.25) is 0 Å². The van der Waals surface area contributed by atoms with Gasteiger partial charge in [-0.1, -0.05) is 0 Å². The molecule has 0 radical (unpaired) electrons. The first-order valence-corrected chi connectivity index (χ1v) is 11.5. The van der Waals surface area contributed by atoms with Crippen LogP contribution < -0.4 is 0 Å². The number of hydrogen-bond donors (Lipinski definition) is 0. The fourth-order valence-corrected chi connectivity index (χ4v) is 3.34. The van der Waals surface area contributed by atoms with E-state index in [1.807, 2.05) is 0 Å². The average Bonchev–Trinajstić information content (AvgIpc) is 2.05. The van der Waals surface area contributed by atoms with E-state index in [2.05, 4.69) is 0 Å². The molecule has 2 atom stereocenters. The van der Waals surface area contributed by atoms with Crippen LogP contribution in [0, 0.1) is 0 Å². The van der Waals surface area contributed by atoms with Gasteiger partial charge in [0.05, 0.1) is 0 Å². The summed E-state index contributed by atoms with van der Waals surface area (Å²) in [7, 11) is 0. The molecule has 0 spiro atoms. The first kappa shape index (κ1) is 9.87. The molecule has 1 aliphatic heterocycles. The normalized spacial score (nSPS) is 34.4. The quantitative estimate of drug-likeness (QED) is 0.505. The molecule has 49 valence electrons. The number of rotatable bonds is 2. The van der Waals surface area contributed by atoms with Gasteiger partial charge in [0.2, 0.25) is 0 Å². The summed E-state index contributed by atoms with van der Waals surface area (Å²) in [4.78, 5) is 0. The Morgan fingerprint density at radius 1 is 1.40 bits per heavy atom. The van der Waals surface area contributed by atoms with Gasteiger partial charge in [-0.2, -0.15) is 0 Å². The molecule has 0 aromatic heterocycles. The number of ether oxygens (including phenoxy) is 2. The molecule has 1 aliphatic rings. The van der Waals surface area contributed by atoms with Crippen molar-refractivity contribution in [2.75, 3.05) is 13.2 Å². The Hall–Kier alpha value is 1.79. The molecule has 1 heterocycles. The van der Waals surface area contributed by atoms with Crippen LogP contribution in [0.1, 0.15) is 0 Å². The Kier molecular flexibility index (Phi) is 5.37. The fraction of sp³-hybridized carbons (Fsp3) is 1.00. The Labute approximate surface area is 94.0 Å². The van der Waals surface area contributed by atoms with Crippen LogP contribution in [0.5, 0.6) is 0 Å². The molecular weight excluding hydrogens is 505 g/mol. The van der Waals surface area contributed by atoms with Crippen LogP contribution in [0.15, 0.2) is 0 Å². The van der Waals surface area contributed by atoms with Crippen molar-refractivity contribution < 1.29 is 61.7 Å². The molecule has 0 saturated carbocycles. The molecule has 0 aromatic rings. The van der Waals surface area contributed by atoms with Gasteiger partial charge < -0.3 is 0 Å². The summed E-state index contributed by atoms with van der Waals surface area (Å²) in [5, 5.41) is 0. The van der Waals surface area contributed by atoms with Crippen LogP contribution in [0.4, 0.5) is 0 Å². The van der Waals surface area contributed by atoms with E-state index in [-0.39, 0.29) is 0 Å². The van der Waals surface area contributed by atoms with Crippen molar-refractivity contribution in [3.05, 3.63) is 0 Å². The van der Waals surface area contributed by atoms with E-state index in [0.29, 0.717) is 12.2 Å². The van der Waals surface area contributed by atoms with Crippen LogP contribution in [-0.2, 0) is 61.7 Å². The third-order valence-electron chi connectivity index (χ3n) is 1.64. The predicted molar refractivity (Wildman–Crippen MR) is 29.1 cm³/mol. The molecule has 0 aliphatic carbocycles. The van der Waals surface area contributed by atoms with Crippen LogP contribution in [-0.4, -0.2) is 25.4 Å². The van der Waals surface area contributed by atoms with Gasteiger partial charge in [-0.15, -0.1) is 0 Å². The van der Waals surface area contributed by atoms with Crippen molar-refractivity contribution in [2.24, 2.45) is 0 Å². The Morgan fingerprint density at radius 3 is 2.70 bits per heavy atom. The average molecular weight is 515 g/mol. The molecule has 2 unspecified atom stereocenters. The predicted octanol–water partition coefficient (Wildman–Crippen LogP) is 0.701. The summed E-state index contributed by atoms with van der Waals surface area (Å²) in [5.74, 6) is 0. The van der Waals surface area contributed by atoms with Gasteiger partial charge in [-0.25, -0.2) is 0 Å². The maximum atomic E-state index is 5.76. The summed E-state index contributed by atoms with van der Waals surface area (Å²) in [6.07, 6.45) is 0.927. The van der Waals surface area contributed by atoms with Crippen LogP contribution in [0.2, 0.25) is 7.86 Å². The molecule has 0 N–H and O–H groups in total. The summed E-state index contributed by atoms with van der Waals surface area (Å²) in [5.41, 5.74) is 0. The van der Waals surface area contributed by atoms with E-state index in [1.165, 1.54) is 7.86 Å². The van der Waals surface area contributed by atoms with Crippen LogP contribution >= 0.6 is 0 Å². The van der Waals surface area contributed by atoms with Crippen molar-refractivity contribution in [3.63, 3.8) is 0 Å². The standard InChI is InChI=1S/C6H10O2.2Hg/c1-5-3-7-4-6(2)8-5;;/h5-6H,1-4H2;;/q;;+1. The second kappa shape index (κ2) is 5.44. The third kappa shape index (κ3) is 3.03. The molecule has 1 saturated heterocycles. The second-order valence-electron chi connectivity index (χ2n) is 2.49. The van der Waals surface area contributed by atoms with Crippen molar-refractivity contribution >= 4 is 0 Å². The van der Waals surface area contributed by atoms with E-state index < -0.39 is 0 Å². The maximum absolute atomic E-state index is 5.76. The molecule has 2 nitrogen and oxygen atoms in total. The zero-order valence-corrected chi connectivity index (χ0v) is 17.2. The minimum atomic E-state index is 0.464. The first-order valence-electron chi connectivity index (χ1n) is 3.68. The van der Waals surface area contributed by atoms with Gasteiger partial charge >= 0.3 is 95.0 Å². The molecule has 0 bridgehead atoms. The van der Waals surface area contributed by atoms with Gasteiger partial charge in [0.25, 0.3) is 0 Å². The van der Waals surface area contributed by atoms with E-state index >= 15 is 0 Å². The molecule has 4 heteroatoms. The fourth-order valence-electron chi connectivity index (χ4n) is 0.984. The van der Waals surface area contributed by atoms with Gasteiger partial charge in [0.15, 0.2) is 0 Å². The van der Waals surface area contributed by atoms with Crippen molar-refractivity contribution in [2.45, 2.75) is 20.1 Å². The van der Waals surface area contributed by atoms with E-state index in [4.69, 9.17) is 9.47 Å². The van der Waals surface area contributed by atoms with Crippen molar-refractivity contribution in [1.82, 2.24) is 0 Å². The van der Waals surface area contributed by atoms with Crippen LogP contribution in [0.3, 0.4) is 0 Å². The van der Waals surface area contributed by atoms with E-state index in [0.717, 1.165) is 65.5 Å². The first-order chi connectivity index (χ1) is 4.86. The Bertz CT molecular complexity index is 89.7.